The molecule has 0 saturated heterocycles. The second kappa shape index (κ2) is 5.17. The van der Waals surface area contributed by atoms with Crippen LogP contribution in [0.15, 0.2) is 30.6 Å². The highest BCUT2D eigenvalue weighted by atomic mass is 16.6. The third-order valence-electron chi connectivity index (χ3n) is 2.26. The molecule has 0 radical (unpaired) electrons. The first-order valence-electron chi connectivity index (χ1n) is 5.18. The van der Waals surface area contributed by atoms with Gasteiger partial charge in [-0.3, -0.25) is 10.1 Å². The van der Waals surface area contributed by atoms with Gasteiger partial charge in [-0.1, -0.05) is 0 Å². The Balaban J connectivity index is 2.35. The molecule has 0 atom stereocenters. The third-order valence-corrected chi connectivity index (χ3v) is 2.26. The molecular weight excluding hydrogens is 252 g/mol. The van der Waals surface area contributed by atoms with Crippen molar-refractivity contribution in [2.24, 2.45) is 0 Å². The second-order valence-corrected chi connectivity index (χ2v) is 3.44. The summed E-state index contributed by atoms with van der Waals surface area (Å²) in [5, 5.41) is 10.7. The standard InChI is InChI=1S/C11H10N4O4/c1-18-9-6-7(15(16)17)2-3-8(9)19-11-10(12)13-4-5-14-11/h2-6H,1H3,(H2,12,13). The maximum absolute atomic E-state index is 10.7. The van der Waals surface area contributed by atoms with Crippen LogP contribution in [0.5, 0.6) is 17.4 Å². The van der Waals surface area contributed by atoms with Gasteiger partial charge < -0.3 is 15.2 Å². The number of hydrogen-bond acceptors (Lipinski definition) is 7. The Morgan fingerprint density at radius 2 is 2.00 bits per heavy atom. The van der Waals surface area contributed by atoms with Crippen molar-refractivity contribution >= 4 is 11.5 Å². The Hall–Kier alpha value is -2.90. The number of nitrogens with two attached hydrogens (primary N) is 1. The molecule has 8 heteroatoms. The molecular formula is C11H10N4O4. The maximum Gasteiger partial charge on any atom is 0.273 e. The molecule has 19 heavy (non-hydrogen) atoms. The van der Waals surface area contributed by atoms with E-state index < -0.39 is 4.92 Å². The molecule has 0 aliphatic carbocycles. The number of nitrogens with zero attached hydrogens (tertiary/aromatic N) is 3. The zero-order valence-electron chi connectivity index (χ0n) is 9.94. The van der Waals surface area contributed by atoms with Crippen LogP contribution in [0.3, 0.4) is 0 Å². The number of nitro benzene ring substituents is 1. The van der Waals surface area contributed by atoms with E-state index in [2.05, 4.69) is 9.97 Å². The molecule has 0 aliphatic heterocycles. The lowest BCUT2D eigenvalue weighted by Crippen LogP contribution is -1.99. The molecule has 98 valence electrons. The Kier molecular flexibility index (Phi) is 3.42. The highest BCUT2D eigenvalue weighted by Gasteiger charge is 2.14. The summed E-state index contributed by atoms with van der Waals surface area (Å²) in [5.41, 5.74) is 5.49. The van der Waals surface area contributed by atoms with E-state index in [-0.39, 0.29) is 28.9 Å². The zero-order valence-corrected chi connectivity index (χ0v) is 9.94. The van der Waals surface area contributed by atoms with Crippen LogP contribution >= 0.6 is 0 Å². The smallest absolute Gasteiger partial charge is 0.273 e. The molecule has 1 heterocycles. The van der Waals surface area contributed by atoms with Gasteiger partial charge in [0.1, 0.15) is 0 Å². The summed E-state index contributed by atoms with van der Waals surface area (Å²) in [5.74, 6) is 0.692. The van der Waals surface area contributed by atoms with Crippen molar-refractivity contribution in [2.45, 2.75) is 0 Å². The minimum absolute atomic E-state index is 0.101. The fourth-order valence-corrected chi connectivity index (χ4v) is 1.37. The van der Waals surface area contributed by atoms with E-state index in [1.54, 1.807) is 0 Å². The highest BCUT2D eigenvalue weighted by Crippen LogP contribution is 2.34. The molecule has 0 spiro atoms. The van der Waals surface area contributed by atoms with E-state index in [0.717, 1.165) is 0 Å². The average Bonchev–Trinajstić information content (AvgIpc) is 2.41. The van der Waals surface area contributed by atoms with Gasteiger partial charge >= 0.3 is 0 Å². The molecule has 0 bridgehead atoms. The van der Waals surface area contributed by atoms with E-state index in [1.807, 2.05) is 0 Å². The Morgan fingerprint density at radius 3 is 2.63 bits per heavy atom. The van der Waals surface area contributed by atoms with Gasteiger partial charge in [-0.2, -0.15) is 0 Å². The molecule has 0 aliphatic rings. The maximum atomic E-state index is 10.7. The summed E-state index contributed by atoms with van der Waals surface area (Å²) in [6, 6.07) is 3.96. The van der Waals surface area contributed by atoms with E-state index in [9.17, 15) is 10.1 Å². The first-order valence-corrected chi connectivity index (χ1v) is 5.18. The van der Waals surface area contributed by atoms with Gasteiger partial charge in [0, 0.05) is 18.5 Å². The fraction of sp³-hybridized carbons (Fsp3) is 0.0909. The van der Waals surface area contributed by atoms with Crippen molar-refractivity contribution in [1.29, 1.82) is 0 Å². The average molecular weight is 262 g/mol. The lowest BCUT2D eigenvalue weighted by Gasteiger charge is -2.09. The Labute approximate surface area is 108 Å². The number of anilines is 1. The van der Waals surface area contributed by atoms with Gasteiger partial charge in [0.05, 0.1) is 18.1 Å². The summed E-state index contributed by atoms with van der Waals surface area (Å²) in [4.78, 5) is 17.9. The van der Waals surface area contributed by atoms with E-state index in [4.69, 9.17) is 15.2 Å². The van der Waals surface area contributed by atoms with Gasteiger partial charge in [-0.15, -0.1) is 0 Å². The number of nitro groups is 1. The van der Waals surface area contributed by atoms with Gasteiger partial charge in [-0.25, -0.2) is 9.97 Å². The Morgan fingerprint density at radius 1 is 1.26 bits per heavy atom. The van der Waals surface area contributed by atoms with Crippen molar-refractivity contribution in [3.63, 3.8) is 0 Å². The predicted molar refractivity (Wildman–Crippen MR) is 66.2 cm³/mol. The molecule has 2 aromatic rings. The molecule has 2 N–H and O–H groups in total. The normalized spacial score (nSPS) is 9.95. The minimum atomic E-state index is -0.525. The number of methoxy groups -OCH3 is 1. The largest absolute Gasteiger partial charge is 0.493 e. The summed E-state index contributed by atoms with van der Waals surface area (Å²) >= 11 is 0. The van der Waals surface area contributed by atoms with E-state index >= 15 is 0 Å². The third kappa shape index (κ3) is 2.68. The lowest BCUT2D eigenvalue weighted by molar-refractivity contribution is -0.384. The topological polar surface area (TPSA) is 113 Å². The number of rotatable bonds is 4. The summed E-state index contributed by atoms with van der Waals surface area (Å²) in [7, 11) is 1.38. The first kappa shape index (κ1) is 12.6. The van der Waals surface area contributed by atoms with Crippen molar-refractivity contribution in [3.8, 4) is 17.4 Å². The van der Waals surface area contributed by atoms with Crippen molar-refractivity contribution in [1.82, 2.24) is 9.97 Å². The fourth-order valence-electron chi connectivity index (χ4n) is 1.37. The number of nitrogen functional groups attached to an aromatic ring is 1. The van der Waals surface area contributed by atoms with Gasteiger partial charge in [0.2, 0.25) is 0 Å². The minimum Gasteiger partial charge on any atom is -0.493 e. The van der Waals surface area contributed by atoms with Crippen LogP contribution < -0.4 is 15.2 Å². The van der Waals surface area contributed by atoms with Crippen LogP contribution in [0.25, 0.3) is 0 Å². The van der Waals surface area contributed by atoms with E-state index in [1.165, 1.54) is 37.7 Å². The zero-order chi connectivity index (χ0) is 13.8. The summed E-state index contributed by atoms with van der Waals surface area (Å²) < 4.78 is 10.4. The second-order valence-electron chi connectivity index (χ2n) is 3.44. The number of benzene rings is 1. The SMILES string of the molecule is COc1cc([N+](=O)[O-])ccc1Oc1nccnc1N. The molecule has 1 aromatic carbocycles. The molecule has 0 unspecified atom stereocenters. The number of ether oxygens (including phenoxy) is 2. The molecule has 8 nitrogen and oxygen atoms in total. The van der Waals surface area contributed by atoms with Crippen molar-refractivity contribution < 1.29 is 14.4 Å². The first-order chi connectivity index (χ1) is 9.11. The molecule has 0 amide bonds. The molecule has 2 rings (SSSR count). The van der Waals surface area contributed by atoms with Crippen LogP contribution in [0, 0.1) is 10.1 Å². The van der Waals surface area contributed by atoms with Gasteiger partial charge in [0.25, 0.3) is 11.6 Å². The monoisotopic (exact) mass is 262 g/mol. The summed E-state index contributed by atoms with van der Waals surface area (Å²) in [6.45, 7) is 0. The van der Waals surface area contributed by atoms with Gasteiger partial charge in [0.15, 0.2) is 17.3 Å². The molecule has 1 aromatic heterocycles. The van der Waals surface area contributed by atoms with Crippen LogP contribution in [0.4, 0.5) is 11.5 Å². The van der Waals surface area contributed by atoms with Crippen molar-refractivity contribution in [2.75, 3.05) is 12.8 Å². The van der Waals surface area contributed by atoms with Crippen LogP contribution in [-0.4, -0.2) is 22.0 Å². The number of non-ortho nitro benzene ring substituents is 1. The molecule has 0 saturated carbocycles. The summed E-state index contributed by atoms with van der Waals surface area (Å²) in [6.07, 6.45) is 2.85. The van der Waals surface area contributed by atoms with Crippen molar-refractivity contribution in [3.05, 3.63) is 40.7 Å². The number of hydrogen-bond donors (Lipinski definition) is 1. The predicted octanol–water partition coefficient (Wildman–Crippen LogP) is 1.77. The van der Waals surface area contributed by atoms with Crippen LogP contribution in [0.2, 0.25) is 0 Å². The number of aromatic nitrogens is 2. The molecule has 0 fully saturated rings. The van der Waals surface area contributed by atoms with E-state index in [0.29, 0.717) is 0 Å². The van der Waals surface area contributed by atoms with Gasteiger partial charge in [-0.05, 0) is 6.07 Å². The van der Waals surface area contributed by atoms with Crippen LogP contribution in [0.1, 0.15) is 0 Å². The lowest BCUT2D eigenvalue weighted by atomic mass is 10.3. The highest BCUT2D eigenvalue weighted by molar-refractivity contribution is 5.51. The van der Waals surface area contributed by atoms with Crippen LogP contribution in [-0.2, 0) is 0 Å². The Bertz CT molecular complexity index is 617. The quantitative estimate of drug-likeness (QED) is 0.659.